The Kier molecular flexibility index (Phi) is 5.10. The number of nitrogens with one attached hydrogen (secondary N) is 2. The maximum absolute atomic E-state index is 12.7. The topological polar surface area (TPSA) is 87.2 Å². The molecule has 0 aliphatic carbocycles. The lowest BCUT2D eigenvalue weighted by molar-refractivity contribution is 0.102. The zero-order valence-electron chi connectivity index (χ0n) is 15.6. The number of rotatable bonds is 5. The third-order valence-electron chi connectivity index (χ3n) is 4.37. The molecule has 0 saturated carbocycles. The van der Waals surface area contributed by atoms with Crippen LogP contribution in [-0.4, -0.2) is 27.6 Å². The van der Waals surface area contributed by atoms with Gasteiger partial charge in [0, 0.05) is 16.8 Å². The Morgan fingerprint density at radius 3 is 2.79 bits per heavy atom. The molecule has 3 aromatic carbocycles. The van der Waals surface area contributed by atoms with Gasteiger partial charge in [-0.15, -0.1) is 0 Å². The van der Waals surface area contributed by atoms with Crippen molar-refractivity contribution in [3.8, 4) is 22.9 Å². The molecule has 0 aliphatic heterocycles. The number of para-hydroxylation sites is 2. The van der Waals surface area contributed by atoms with Gasteiger partial charge in [-0.05, 0) is 43.3 Å². The lowest BCUT2D eigenvalue weighted by atomic mass is 10.1. The summed E-state index contributed by atoms with van der Waals surface area (Å²) in [5.74, 6) is 0.335. The zero-order chi connectivity index (χ0) is 20.4. The van der Waals surface area contributed by atoms with Crippen molar-refractivity contribution in [3.05, 3.63) is 71.2 Å². The first kappa shape index (κ1) is 18.8. The second kappa shape index (κ2) is 7.85. The van der Waals surface area contributed by atoms with E-state index in [-0.39, 0.29) is 28.0 Å². The number of H-pyrrole nitrogens is 1. The maximum atomic E-state index is 12.7. The molecule has 1 heterocycles. The van der Waals surface area contributed by atoms with Crippen molar-refractivity contribution in [3.63, 3.8) is 0 Å². The van der Waals surface area contributed by atoms with Crippen LogP contribution in [-0.2, 0) is 0 Å². The molecule has 1 aromatic heterocycles. The number of phenols is 1. The van der Waals surface area contributed by atoms with Crippen LogP contribution >= 0.6 is 11.6 Å². The number of nitrogens with zero attached hydrogens (tertiary/aromatic N) is 1. The number of amides is 1. The number of phenolic OH excluding ortho intramolecular Hbond substituents is 1. The van der Waals surface area contributed by atoms with Gasteiger partial charge in [0.1, 0.15) is 5.82 Å². The van der Waals surface area contributed by atoms with Crippen molar-refractivity contribution in [2.45, 2.75) is 6.92 Å². The average molecular weight is 408 g/mol. The van der Waals surface area contributed by atoms with Crippen LogP contribution in [0.1, 0.15) is 17.3 Å². The molecule has 0 unspecified atom stereocenters. The molecule has 4 rings (SSSR count). The molecule has 7 heteroatoms. The highest BCUT2D eigenvalue weighted by molar-refractivity contribution is 6.32. The molecule has 4 aromatic rings. The van der Waals surface area contributed by atoms with Gasteiger partial charge in [-0.25, -0.2) is 4.98 Å². The molecule has 3 N–H and O–H groups in total. The zero-order valence-corrected chi connectivity index (χ0v) is 16.3. The summed E-state index contributed by atoms with van der Waals surface area (Å²) in [5.41, 5.74) is 3.55. The fourth-order valence-corrected chi connectivity index (χ4v) is 3.22. The van der Waals surface area contributed by atoms with Crippen LogP contribution in [0.2, 0.25) is 5.02 Å². The molecular weight excluding hydrogens is 390 g/mol. The van der Waals surface area contributed by atoms with E-state index in [0.29, 0.717) is 18.1 Å². The first-order chi connectivity index (χ1) is 14.0. The molecule has 0 radical (unpaired) electrons. The third kappa shape index (κ3) is 3.88. The molecule has 0 spiro atoms. The SMILES string of the molecule is CCOc1cc(C(=O)Nc2cccc(-c3nc4ccccc4[nH]3)c2)cc(Cl)c1O. The van der Waals surface area contributed by atoms with Crippen molar-refractivity contribution < 1.29 is 14.6 Å². The molecular formula is C22H18ClN3O3. The van der Waals surface area contributed by atoms with E-state index in [0.717, 1.165) is 16.6 Å². The Morgan fingerprint density at radius 1 is 1.17 bits per heavy atom. The van der Waals surface area contributed by atoms with E-state index in [4.69, 9.17) is 16.3 Å². The smallest absolute Gasteiger partial charge is 0.255 e. The number of imidazole rings is 1. The molecule has 1 amide bonds. The normalized spacial score (nSPS) is 10.8. The summed E-state index contributed by atoms with van der Waals surface area (Å²) >= 11 is 6.02. The van der Waals surface area contributed by atoms with E-state index in [2.05, 4.69) is 15.3 Å². The Bertz CT molecular complexity index is 1170. The van der Waals surface area contributed by atoms with E-state index in [1.165, 1.54) is 12.1 Å². The monoisotopic (exact) mass is 407 g/mol. The molecule has 0 fully saturated rings. The van der Waals surface area contributed by atoms with E-state index in [9.17, 15) is 9.90 Å². The van der Waals surface area contributed by atoms with E-state index in [1.807, 2.05) is 42.5 Å². The van der Waals surface area contributed by atoms with Crippen LogP contribution in [0.15, 0.2) is 60.7 Å². The third-order valence-corrected chi connectivity index (χ3v) is 4.66. The van der Waals surface area contributed by atoms with Crippen molar-refractivity contribution >= 4 is 34.2 Å². The first-order valence-electron chi connectivity index (χ1n) is 9.07. The van der Waals surface area contributed by atoms with Crippen molar-refractivity contribution in [2.75, 3.05) is 11.9 Å². The van der Waals surface area contributed by atoms with Crippen LogP contribution < -0.4 is 10.1 Å². The highest BCUT2D eigenvalue weighted by Crippen LogP contribution is 2.35. The van der Waals surface area contributed by atoms with Crippen molar-refractivity contribution in [1.29, 1.82) is 0 Å². The van der Waals surface area contributed by atoms with Gasteiger partial charge < -0.3 is 20.1 Å². The van der Waals surface area contributed by atoms with Gasteiger partial charge in [0.15, 0.2) is 11.5 Å². The van der Waals surface area contributed by atoms with Gasteiger partial charge in [-0.2, -0.15) is 0 Å². The van der Waals surface area contributed by atoms with E-state index >= 15 is 0 Å². The largest absolute Gasteiger partial charge is 0.503 e. The summed E-state index contributed by atoms with van der Waals surface area (Å²) < 4.78 is 5.34. The number of carbonyl (C=O) groups excluding carboxylic acids is 1. The second-order valence-electron chi connectivity index (χ2n) is 6.38. The quantitative estimate of drug-likeness (QED) is 0.422. The summed E-state index contributed by atoms with van der Waals surface area (Å²) in [6.45, 7) is 2.12. The van der Waals surface area contributed by atoms with Crippen LogP contribution in [0.3, 0.4) is 0 Å². The minimum atomic E-state index is -0.366. The molecule has 0 atom stereocenters. The Morgan fingerprint density at radius 2 is 2.00 bits per heavy atom. The predicted octanol–water partition coefficient (Wildman–Crippen LogP) is 5.24. The number of ether oxygens (including phenoxy) is 1. The molecule has 0 saturated heterocycles. The van der Waals surface area contributed by atoms with Gasteiger partial charge in [0.2, 0.25) is 0 Å². The van der Waals surface area contributed by atoms with Crippen molar-refractivity contribution in [2.24, 2.45) is 0 Å². The summed E-state index contributed by atoms with van der Waals surface area (Å²) in [7, 11) is 0. The number of fused-ring (bicyclic) bond motifs is 1. The molecule has 29 heavy (non-hydrogen) atoms. The summed E-state index contributed by atoms with van der Waals surface area (Å²) in [6, 6.07) is 18.0. The number of hydrogen-bond acceptors (Lipinski definition) is 4. The number of benzene rings is 3. The number of aromatic amines is 1. The van der Waals surface area contributed by atoms with Crippen LogP contribution in [0, 0.1) is 0 Å². The summed E-state index contributed by atoms with van der Waals surface area (Å²) in [6.07, 6.45) is 0. The van der Waals surface area contributed by atoms with Gasteiger partial charge in [0.25, 0.3) is 5.91 Å². The van der Waals surface area contributed by atoms with E-state index in [1.54, 1.807) is 13.0 Å². The van der Waals surface area contributed by atoms with Gasteiger partial charge in [-0.3, -0.25) is 4.79 Å². The minimum absolute atomic E-state index is 0.0529. The number of hydrogen-bond donors (Lipinski definition) is 3. The van der Waals surface area contributed by atoms with E-state index < -0.39 is 0 Å². The second-order valence-corrected chi connectivity index (χ2v) is 6.78. The van der Waals surface area contributed by atoms with Crippen molar-refractivity contribution in [1.82, 2.24) is 9.97 Å². The fourth-order valence-electron chi connectivity index (χ4n) is 3.01. The maximum Gasteiger partial charge on any atom is 0.255 e. The Hall–Kier alpha value is -3.51. The standard InChI is InChI=1S/C22H18ClN3O3/c1-2-29-19-12-14(11-16(23)20(19)27)22(28)24-15-7-5-6-13(10-15)21-25-17-8-3-4-9-18(17)26-21/h3-12,27H,2H2,1H3,(H,24,28)(H,25,26). The molecule has 0 bridgehead atoms. The highest BCUT2D eigenvalue weighted by atomic mass is 35.5. The number of anilines is 1. The predicted molar refractivity (Wildman–Crippen MR) is 114 cm³/mol. The number of halogens is 1. The van der Waals surface area contributed by atoms with Gasteiger partial charge in [-0.1, -0.05) is 35.9 Å². The number of carbonyl (C=O) groups is 1. The number of aromatic nitrogens is 2. The summed E-state index contributed by atoms with van der Waals surface area (Å²) in [5, 5.41) is 12.8. The fraction of sp³-hybridized carbons (Fsp3) is 0.0909. The lowest BCUT2D eigenvalue weighted by Gasteiger charge is -2.11. The summed E-state index contributed by atoms with van der Waals surface area (Å²) in [4.78, 5) is 20.6. The highest BCUT2D eigenvalue weighted by Gasteiger charge is 2.15. The average Bonchev–Trinajstić information content (AvgIpc) is 3.16. The van der Waals surface area contributed by atoms with Crippen LogP contribution in [0.5, 0.6) is 11.5 Å². The molecule has 146 valence electrons. The van der Waals surface area contributed by atoms with Crippen LogP contribution in [0.4, 0.5) is 5.69 Å². The lowest BCUT2D eigenvalue weighted by Crippen LogP contribution is -2.12. The number of aromatic hydroxyl groups is 1. The minimum Gasteiger partial charge on any atom is -0.503 e. The molecule has 0 aliphatic rings. The van der Waals surface area contributed by atoms with Gasteiger partial charge >= 0.3 is 0 Å². The van der Waals surface area contributed by atoms with Gasteiger partial charge in [0.05, 0.1) is 22.7 Å². The Labute approximate surface area is 172 Å². The first-order valence-corrected chi connectivity index (χ1v) is 9.45. The van der Waals surface area contributed by atoms with Crippen LogP contribution in [0.25, 0.3) is 22.4 Å². The molecule has 6 nitrogen and oxygen atoms in total. The Balaban J connectivity index is 1.60.